The van der Waals surface area contributed by atoms with Crippen molar-refractivity contribution < 1.29 is 9.21 Å². The van der Waals surface area contributed by atoms with Gasteiger partial charge in [-0.25, -0.2) is 0 Å². The lowest BCUT2D eigenvalue weighted by molar-refractivity contribution is -0.131. The average molecular weight is 331 g/mol. The van der Waals surface area contributed by atoms with Crippen LogP contribution in [0.15, 0.2) is 21.2 Å². The van der Waals surface area contributed by atoms with E-state index in [9.17, 15) is 4.79 Å². The van der Waals surface area contributed by atoms with Crippen molar-refractivity contribution in [3.8, 4) is 0 Å². The molecule has 0 unspecified atom stereocenters. The minimum absolute atomic E-state index is 0.124. The lowest BCUT2D eigenvalue weighted by atomic mass is 9.84. The summed E-state index contributed by atoms with van der Waals surface area (Å²) in [4.78, 5) is 13.7. The minimum atomic E-state index is 0.124. The van der Waals surface area contributed by atoms with Crippen LogP contribution in [0.1, 0.15) is 38.9 Å². The van der Waals surface area contributed by atoms with E-state index in [-0.39, 0.29) is 11.3 Å². The Kier molecular flexibility index (Phi) is 6.07. The topological polar surface area (TPSA) is 59.5 Å². The third-order valence-corrected chi connectivity index (χ3v) is 3.71. The maximum absolute atomic E-state index is 12.0. The van der Waals surface area contributed by atoms with Crippen molar-refractivity contribution in [2.45, 2.75) is 39.7 Å². The first-order chi connectivity index (χ1) is 8.84. The molecular weight excluding hydrogens is 308 g/mol. The maximum atomic E-state index is 12.0. The summed E-state index contributed by atoms with van der Waals surface area (Å²) in [6, 6.07) is 3.70. The van der Waals surface area contributed by atoms with Gasteiger partial charge in [-0.1, -0.05) is 13.8 Å². The number of halogens is 1. The molecule has 0 spiro atoms. The van der Waals surface area contributed by atoms with Crippen molar-refractivity contribution in [2.24, 2.45) is 11.1 Å². The molecule has 0 fully saturated rings. The van der Waals surface area contributed by atoms with Crippen molar-refractivity contribution in [3.05, 3.63) is 22.6 Å². The average Bonchev–Trinajstić information content (AvgIpc) is 2.71. The molecule has 19 heavy (non-hydrogen) atoms. The zero-order chi connectivity index (χ0) is 14.5. The molecule has 0 aliphatic carbocycles. The summed E-state index contributed by atoms with van der Waals surface area (Å²) in [6.07, 6.45) is 2.34. The van der Waals surface area contributed by atoms with Crippen molar-refractivity contribution in [1.29, 1.82) is 0 Å². The number of nitrogens with two attached hydrogens (primary N) is 1. The van der Waals surface area contributed by atoms with Crippen LogP contribution in [-0.2, 0) is 11.3 Å². The number of hydrogen-bond donors (Lipinski definition) is 1. The van der Waals surface area contributed by atoms with Crippen LogP contribution >= 0.6 is 15.9 Å². The number of carbonyl (C=O) groups excluding carboxylic acids is 1. The van der Waals surface area contributed by atoms with Gasteiger partial charge in [0.25, 0.3) is 0 Å². The number of hydrogen-bond acceptors (Lipinski definition) is 3. The highest BCUT2D eigenvalue weighted by atomic mass is 79.9. The van der Waals surface area contributed by atoms with Gasteiger partial charge in [0.1, 0.15) is 5.76 Å². The second-order valence-electron chi connectivity index (χ2n) is 5.66. The van der Waals surface area contributed by atoms with Crippen molar-refractivity contribution in [3.63, 3.8) is 0 Å². The van der Waals surface area contributed by atoms with Gasteiger partial charge in [0.15, 0.2) is 4.67 Å². The van der Waals surface area contributed by atoms with E-state index < -0.39 is 0 Å². The highest BCUT2D eigenvalue weighted by molar-refractivity contribution is 9.10. The van der Waals surface area contributed by atoms with E-state index in [2.05, 4.69) is 29.8 Å². The molecule has 1 rings (SSSR count). The minimum Gasteiger partial charge on any atom is -0.452 e. The number of carbonyl (C=O) groups is 1. The molecule has 0 aromatic carbocycles. The van der Waals surface area contributed by atoms with Crippen molar-refractivity contribution >= 4 is 21.8 Å². The van der Waals surface area contributed by atoms with Crippen LogP contribution in [0.4, 0.5) is 0 Å². The van der Waals surface area contributed by atoms with Crippen LogP contribution in [0.3, 0.4) is 0 Å². The van der Waals surface area contributed by atoms with E-state index >= 15 is 0 Å². The predicted octanol–water partition coefficient (Wildman–Crippen LogP) is 3.16. The van der Waals surface area contributed by atoms with Gasteiger partial charge in [0.05, 0.1) is 6.54 Å². The number of nitrogens with zero attached hydrogens (tertiary/aromatic N) is 1. The van der Waals surface area contributed by atoms with Crippen LogP contribution in [0.25, 0.3) is 0 Å². The Morgan fingerprint density at radius 2 is 2.11 bits per heavy atom. The molecule has 0 saturated heterocycles. The summed E-state index contributed by atoms with van der Waals surface area (Å²) < 4.78 is 6.08. The van der Waals surface area contributed by atoms with Crippen LogP contribution in [-0.4, -0.2) is 24.4 Å². The smallest absolute Gasteiger partial charge is 0.222 e. The molecule has 108 valence electrons. The lowest BCUT2D eigenvalue weighted by Gasteiger charge is -2.24. The molecule has 1 amide bonds. The van der Waals surface area contributed by atoms with Gasteiger partial charge < -0.3 is 15.1 Å². The summed E-state index contributed by atoms with van der Waals surface area (Å²) in [7, 11) is 1.80. The molecule has 4 nitrogen and oxygen atoms in total. The van der Waals surface area contributed by atoms with Crippen molar-refractivity contribution in [1.82, 2.24) is 4.90 Å². The highest BCUT2D eigenvalue weighted by Crippen LogP contribution is 2.26. The Bertz CT molecular complexity index is 415. The lowest BCUT2D eigenvalue weighted by Crippen LogP contribution is -2.27. The van der Waals surface area contributed by atoms with Gasteiger partial charge in [-0.15, -0.1) is 0 Å². The molecule has 1 heterocycles. The fourth-order valence-electron chi connectivity index (χ4n) is 1.91. The standard InChI is InChI=1S/C14H23BrN2O2/c1-14(2,8-9-16)7-6-13(18)17(3)10-11-4-5-12(15)19-11/h4-5H,6-10,16H2,1-3H3. The molecular formula is C14H23BrN2O2. The van der Waals surface area contributed by atoms with Crippen molar-refractivity contribution in [2.75, 3.05) is 13.6 Å². The Morgan fingerprint density at radius 3 is 2.63 bits per heavy atom. The summed E-state index contributed by atoms with van der Waals surface area (Å²) in [5.74, 6) is 0.918. The molecule has 0 aliphatic rings. The molecule has 1 aromatic heterocycles. The van der Waals surface area contributed by atoms with Gasteiger partial charge in [-0.2, -0.15) is 0 Å². The van der Waals surface area contributed by atoms with Gasteiger partial charge in [0.2, 0.25) is 5.91 Å². The van der Waals surface area contributed by atoms with E-state index in [1.54, 1.807) is 11.9 Å². The Labute approximate surface area is 123 Å². The van der Waals surface area contributed by atoms with Gasteiger partial charge >= 0.3 is 0 Å². The fourth-order valence-corrected chi connectivity index (χ4v) is 2.25. The van der Waals surface area contributed by atoms with E-state index in [0.29, 0.717) is 24.2 Å². The predicted molar refractivity (Wildman–Crippen MR) is 79.6 cm³/mol. The largest absolute Gasteiger partial charge is 0.452 e. The first-order valence-electron chi connectivity index (χ1n) is 6.52. The number of furan rings is 1. The molecule has 0 atom stereocenters. The zero-order valence-electron chi connectivity index (χ0n) is 11.9. The van der Waals surface area contributed by atoms with Crippen LogP contribution < -0.4 is 5.73 Å². The molecule has 0 aliphatic heterocycles. The Hall–Kier alpha value is -0.810. The molecule has 0 saturated carbocycles. The number of amides is 1. The summed E-state index contributed by atoms with van der Waals surface area (Å²) >= 11 is 3.25. The maximum Gasteiger partial charge on any atom is 0.222 e. The first kappa shape index (κ1) is 16.2. The van der Waals surface area contributed by atoms with Crippen LogP contribution in [0.5, 0.6) is 0 Å². The van der Waals surface area contributed by atoms with Gasteiger partial charge in [0, 0.05) is 13.5 Å². The number of rotatable bonds is 7. The van der Waals surface area contributed by atoms with E-state index in [0.717, 1.165) is 18.6 Å². The Morgan fingerprint density at radius 1 is 1.42 bits per heavy atom. The molecule has 2 N–H and O–H groups in total. The zero-order valence-corrected chi connectivity index (χ0v) is 13.5. The first-order valence-corrected chi connectivity index (χ1v) is 7.31. The SMILES string of the molecule is CN(Cc1ccc(Br)o1)C(=O)CCC(C)(C)CCN. The quantitative estimate of drug-likeness (QED) is 0.835. The van der Waals surface area contributed by atoms with Gasteiger partial charge in [-0.3, -0.25) is 4.79 Å². The third-order valence-electron chi connectivity index (χ3n) is 3.28. The summed E-state index contributed by atoms with van der Waals surface area (Å²) in [5, 5.41) is 0. The third kappa shape index (κ3) is 5.78. The molecule has 1 aromatic rings. The highest BCUT2D eigenvalue weighted by Gasteiger charge is 2.20. The molecule has 0 bridgehead atoms. The van der Waals surface area contributed by atoms with E-state index in [4.69, 9.17) is 10.2 Å². The van der Waals surface area contributed by atoms with E-state index in [1.165, 1.54) is 0 Å². The Balaban J connectivity index is 2.40. The van der Waals surface area contributed by atoms with Gasteiger partial charge in [-0.05, 0) is 52.9 Å². The molecule has 5 heteroatoms. The second kappa shape index (κ2) is 7.10. The monoisotopic (exact) mass is 330 g/mol. The normalized spacial score (nSPS) is 11.6. The van der Waals surface area contributed by atoms with E-state index in [1.807, 2.05) is 12.1 Å². The van der Waals surface area contributed by atoms with Crippen LogP contribution in [0.2, 0.25) is 0 Å². The summed E-state index contributed by atoms with van der Waals surface area (Å²) in [6.45, 7) is 5.47. The summed E-state index contributed by atoms with van der Waals surface area (Å²) in [5.41, 5.74) is 5.70. The van der Waals surface area contributed by atoms with Crippen LogP contribution in [0, 0.1) is 5.41 Å². The molecule has 0 radical (unpaired) electrons. The fraction of sp³-hybridized carbons (Fsp3) is 0.643. The second-order valence-corrected chi connectivity index (χ2v) is 6.44.